The maximum atomic E-state index is 13.8. The third-order valence-electron chi connectivity index (χ3n) is 10.8. The molecule has 236 valence electrons. The first-order valence-electron chi connectivity index (χ1n) is 15.8. The van der Waals surface area contributed by atoms with Gasteiger partial charge < -0.3 is 18.6 Å². The molecule has 0 N–H and O–H groups in total. The van der Waals surface area contributed by atoms with Gasteiger partial charge in [0.1, 0.15) is 11.9 Å². The van der Waals surface area contributed by atoms with Crippen molar-refractivity contribution in [3.63, 3.8) is 0 Å². The van der Waals surface area contributed by atoms with E-state index in [0.29, 0.717) is 31.6 Å². The van der Waals surface area contributed by atoms with Crippen molar-refractivity contribution in [1.82, 2.24) is 4.98 Å². The zero-order valence-electron chi connectivity index (χ0n) is 26.8. The number of benzene rings is 1. The smallest absolute Gasteiger partial charge is 0.419 e. The van der Waals surface area contributed by atoms with Crippen molar-refractivity contribution in [2.45, 2.75) is 121 Å². The molecule has 4 aliphatic rings. The summed E-state index contributed by atoms with van der Waals surface area (Å²) in [5.41, 5.74) is 4.97. The molecule has 6 rings (SSSR count). The number of aromatic nitrogens is 1. The van der Waals surface area contributed by atoms with Gasteiger partial charge in [-0.25, -0.2) is 0 Å². The predicted molar refractivity (Wildman–Crippen MR) is 162 cm³/mol. The van der Waals surface area contributed by atoms with Gasteiger partial charge in [-0.1, -0.05) is 40.7 Å². The highest BCUT2D eigenvalue weighted by atomic mass is 28.4. The van der Waals surface area contributed by atoms with Crippen molar-refractivity contribution in [2.75, 3.05) is 20.3 Å². The monoisotopic (exact) mass is 617 g/mol. The minimum absolute atomic E-state index is 0.0436. The average Bonchev–Trinajstić information content (AvgIpc) is 3.58. The summed E-state index contributed by atoms with van der Waals surface area (Å²) in [6, 6.07) is 4.17. The van der Waals surface area contributed by atoms with Gasteiger partial charge in [0, 0.05) is 48.6 Å². The zero-order chi connectivity index (χ0) is 31.2. The number of methoxy groups -OCH3 is 1. The maximum Gasteiger partial charge on any atom is 0.419 e. The van der Waals surface area contributed by atoms with Crippen molar-refractivity contribution in [1.29, 1.82) is 0 Å². The molecule has 2 atom stereocenters. The van der Waals surface area contributed by atoms with Gasteiger partial charge >= 0.3 is 6.18 Å². The van der Waals surface area contributed by atoms with Crippen LogP contribution in [0.2, 0.25) is 18.1 Å². The largest absolute Gasteiger partial charge is 0.496 e. The summed E-state index contributed by atoms with van der Waals surface area (Å²) >= 11 is 0. The van der Waals surface area contributed by atoms with Crippen LogP contribution in [0.1, 0.15) is 124 Å². The molecule has 2 fully saturated rings. The highest BCUT2D eigenvalue weighted by Crippen LogP contribution is 2.63. The SMILES string of the molecule is COc1cc(C2OC3(CCOCC3)c3c4c(nc(C(C)C)c32)CC2(CC2)CC4O[Si](C)(C)C(C)(C)C)ccc1C(F)(F)F. The molecular formula is C34H46F3NO4Si. The Morgan fingerprint density at radius 1 is 1.02 bits per heavy atom. The van der Waals surface area contributed by atoms with Crippen LogP contribution in [0, 0.1) is 5.41 Å². The van der Waals surface area contributed by atoms with E-state index in [2.05, 4.69) is 47.7 Å². The van der Waals surface area contributed by atoms with Crippen molar-refractivity contribution in [2.24, 2.45) is 5.41 Å². The number of pyridine rings is 1. The molecule has 0 bridgehead atoms. The number of rotatable bonds is 5. The summed E-state index contributed by atoms with van der Waals surface area (Å²) < 4.78 is 67.0. The Hall–Kier alpha value is -1.94. The van der Waals surface area contributed by atoms with E-state index in [0.717, 1.165) is 35.9 Å². The maximum absolute atomic E-state index is 13.8. The van der Waals surface area contributed by atoms with E-state index in [9.17, 15) is 13.2 Å². The highest BCUT2D eigenvalue weighted by Gasteiger charge is 2.57. The number of ether oxygens (including phenoxy) is 3. The van der Waals surface area contributed by atoms with Crippen molar-refractivity contribution in [3.05, 3.63) is 57.4 Å². The summed E-state index contributed by atoms with van der Waals surface area (Å²) in [6.07, 6.45) is 0.512. The number of alkyl halides is 3. The lowest BCUT2D eigenvalue weighted by Crippen LogP contribution is -2.44. The summed E-state index contributed by atoms with van der Waals surface area (Å²) in [6.45, 7) is 16.9. The lowest BCUT2D eigenvalue weighted by atomic mass is 9.73. The van der Waals surface area contributed by atoms with Gasteiger partial charge in [-0.05, 0) is 78.4 Å². The molecule has 2 unspecified atom stereocenters. The zero-order valence-corrected chi connectivity index (χ0v) is 27.8. The Morgan fingerprint density at radius 2 is 1.70 bits per heavy atom. The molecule has 2 aliphatic heterocycles. The van der Waals surface area contributed by atoms with Gasteiger partial charge in [-0.3, -0.25) is 4.98 Å². The van der Waals surface area contributed by atoms with Crippen LogP contribution in [0.5, 0.6) is 5.75 Å². The van der Waals surface area contributed by atoms with E-state index in [1.54, 1.807) is 6.07 Å². The minimum atomic E-state index is -4.52. The third-order valence-corrected chi connectivity index (χ3v) is 15.3. The fraction of sp³-hybridized carbons (Fsp3) is 0.676. The van der Waals surface area contributed by atoms with Gasteiger partial charge in [0.05, 0.1) is 24.4 Å². The van der Waals surface area contributed by atoms with Crippen molar-refractivity contribution < 1.29 is 31.8 Å². The van der Waals surface area contributed by atoms with E-state index >= 15 is 0 Å². The number of fused-ring (bicyclic) bond motifs is 4. The second-order valence-corrected chi connectivity index (χ2v) is 19.9. The molecule has 0 radical (unpaired) electrons. The van der Waals surface area contributed by atoms with Gasteiger partial charge in [-0.15, -0.1) is 0 Å². The summed E-state index contributed by atoms with van der Waals surface area (Å²) in [5.74, 6) is -0.0942. The van der Waals surface area contributed by atoms with Gasteiger partial charge in [0.2, 0.25) is 0 Å². The lowest BCUT2D eigenvalue weighted by Gasteiger charge is -2.44. The Morgan fingerprint density at radius 3 is 2.26 bits per heavy atom. The highest BCUT2D eigenvalue weighted by molar-refractivity contribution is 6.74. The van der Waals surface area contributed by atoms with Crippen LogP contribution in [-0.4, -0.2) is 33.6 Å². The van der Waals surface area contributed by atoms with Crippen LogP contribution in [0.25, 0.3) is 0 Å². The normalized spacial score (nSPS) is 24.4. The van der Waals surface area contributed by atoms with Crippen LogP contribution in [0.4, 0.5) is 13.2 Å². The predicted octanol–water partition coefficient (Wildman–Crippen LogP) is 9.15. The summed E-state index contributed by atoms with van der Waals surface area (Å²) in [5, 5.41) is 0.0436. The first kappa shape index (κ1) is 31.1. The molecule has 1 saturated carbocycles. The van der Waals surface area contributed by atoms with E-state index < -0.39 is 31.8 Å². The number of hydrogen-bond donors (Lipinski definition) is 0. The molecule has 2 aliphatic carbocycles. The molecule has 1 saturated heterocycles. The Balaban J connectivity index is 1.59. The van der Waals surface area contributed by atoms with Crippen molar-refractivity contribution >= 4 is 8.32 Å². The first-order chi connectivity index (χ1) is 20.0. The molecule has 9 heteroatoms. The molecule has 0 amide bonds. The Kier molecular flexibility index (Phi) is 7.43. The van der Waals surface area contributed by atoms with Crippen LogP contribution in [0.15, 0.2) is 18.2 Å². The second-order valence-electron chi connectivity index (χ2n) is 15.1. The van der Waals surface area contributed by atoms with Gasteiger partial charge in [0.15, 0.2) is 8.32 Å². The van der Waals surface area contributed by atoms with Gasteiger partial charge in [-0.2, -0.15) is 13.2 Å². The quantitative estimate of drug-likeness (QED) is 0.313. The van der Waals surface area contributed by atoms with Crippen LogP contribution < -0.4 is 4.74 Å². The van der Waals surface area contributed by atoms with Crippen molar-refractivity contribution in [3.8, 4) is 5.75 Å². The molecule has 1 aromatic carbocycles. The molecule has 2 spiro atoms. The molecule has 2 aromatic rings. The van der Waals surface area contributed by atoms with E-state index in [4.69, 9.17) is 23.6 Å². The molecule has 3 heterocycles. The van der Waals surface area contributed by atoms with E-state index in [1.807, 2.05) is 0 Å². The molecule has 5 nitrogen and oxygen atoms in total. The fourth-order valence-electron chi connectivity index (χ4n) is 7.23. The lowest BCUT2D eigenvalue weighted by molar-refractivity contribution is -0.139. The van der Waals surface area contributed by atoms with E-state index in [-0.39, 0.29) is 28.2 Å². The van der Waals surface area contributed by atoms with Crippen LogP contribution in [0.3, 0.4) is 0 Å². The van der Waals surface area contributed by atoms with Crippen LogP contribution in [-0.2, 0) is 32.1 Å². The van der Waals surface area contributed by atoms with Crippen LogP contribution >= 0.6 is 0 Å². The Bertz CT molecular complexity index is 1400. The molecule has 43 heavy (non-hydrogen) atoms. The third kappa shape index (κ3) is 5.26. The summed E-state index contributed by atoms with van der Waals surface area (Å²) in [7, 11) is -0.875. The fourth-order valence-corrected chi connectivity index (χ4v) is 8.49. The molecular weight excluding hydrogens is 571 g/mol. The number of halogens is 3. The summed E-state index contributed by atoms with van der Waals surface area (Å²) in [4.78, 5) is 5.43. The number of hydrogen-bond acceptors (Lipinski definition) is 5. The standard InChI is InChI=1S/C34H46F3NO4Si/c1-20(2)29-27-28(26-23(38-29)18-32(11-12-32)19-25(26)42-43(7,8)31(3,4)5)33(13-15-40-16-14-33)41-30(27)21-9-10-22(34(35,36)37)24(17-21)39-6/h9-10,17,20,25,30H,11-16,18-19H2,1-8H3. The first-order valence-corrected chi connectivity index (χ1v) is 18.7. The minimum Gasteiger partial charge on any atom is -0.496 e. The Labute approximate surface area is 255 Å². The topological polar surface area (TPSA) is 49.8 Å². The number of nitrogens with zero attached hydrogens (tertiary/aromatic N) is 1. The average molecular weight is 618 g/mol. The second kappa shape index (κ2) is 10.3. The van der Waals surface area contributed by atoms with E-state index in [1.165, 1.54) is 37.1 Å². The molecule has 1 aromatic heterocycles. The van der Waals surface area contributed by atoms with Gasteiger partial charge in [0.25, 0.3) is 0 Å².